The average molecular weight is 276 g/mol. The number of nitrogen functional groups attached to an aromatic ring is 1. The fourth-order valence-corrected chi connectivity index (χ4v) is 2.46. The molecule has 0 saturated carbocycles. The van der Waals surface area contributed by atoms with Crippen molar-refractivity contribution >= 4 is 22.9 Å². The molecule has 0 bridgehead atoms. The molecule has 5 nitrogen and oxygen atoms in total. The molecule has 3 N–H and O–H groups in total. The molecule has 1 aromatic heterocycles. The molecule has 6 heteroatoms. The Bertz CT molecular complexity index is 582. The van der Waals surface area contributed by atoms with Gasteiger partial charge in [0.05, 0.1) is 12.2 Å². The summed E-state index contributed by atoms with van der Waals surface area (Å²) in [6.07, 6.45) is 0. The van der Waals surface area contributed by atoms with Gasteiger partial charge in [0.2, 0.25) is 0 Å². The number of nitrogens with zero attached hydrogens (tertiary/aromatic N) is 2. The standard InChI is InChI=1S/C13H16N4OS/c1-9-4-3-5-11(6-9)17(2)7-10-8-19-13(15-10)12(18)16-14/h3-6,8H,7,14H2,1-2H3,(H,16,18). The molecule has 0 aliphatic rings. The van der Waals surface area contributed by atoms with Gasteiger partial charge in [-0.25, -0.2) is 10.8 Å². The normalized spacial score (nSPS) is 10.3. The van der Waals surface area contributed by atoms with Crippen LogP contribution in [0.4, 0.5) is 5.69 Å². The number of thiazole rings is 1. The minimum absolute atomic E-state index is 0.352. The second kappa shape index (κ2) is 5.81. The first kappa shape index (κ1) is 13.5. The van der Waals surface area contributed by atoms with Crippen molar-refractivity contribution in [1.29, 1.82) is 0 Å². The fourth-order valence-electron chi connectivity index (χ4n) is 1.75. The maximum Gasteiger partial charge on any atom is 0.294 e. The first-order valence-corrected chi connectivity index (χ1v) is 6.71. The monoisotopic (exact) mass is 276 g/mol. The molecular weight excluding hydrogens is 260 g/mol. The van der Waals surface area contributed by atoms with Crippen LogP contribution in [0.25, 0.3) is 0 Å². The Morgan fingerprint density at radius 3 is 3.00 bits per heavy atom. The van der Waals surface area contributed by atoms with Crippen molar-refractivity contribution in [3.63, 3.8) is 0 Å². The fraction of sp³-hybridized carbons (Fsp3) is 0.231. The SMILES string of the molecule is Cc1cccc(N(C)Cc2csc(C(=O)NN)n2)c1. The maximum absolute atomic E-state index is 11.3. The van der Waals surface area contributed by atoms with Crippen molar-refractivity contribution in [3.05, 3.63) is 45.9 Å². The summed E-state index contributed by atoms with van der Waals surface area (Å²) in [4.78, 5) is 17.7. The molecule has 0 spiro atoms. The van der Waals surface area contributed by atoms with Gasteiger partial charge in [0.15, 0.2) is 5.01 Å². The number of anilines is 1. The Morgan fingerprint density at radius 1 is 1.53 bits per heavy atom. The summed E-state index contributed by atoms with van der Waals surface area (Å²) >= 11 is 1.29. The molecule has 0 unspecified atom stereocenters. The van der Waals surface area contributed by atoms with Crippen LogP contribution in [0.3, 0.4) is 0 Å². The molecule has 0 fully saturated rings. The lowest BCUT2D eigenvalue weighted by Gasteiger charge is -2.18. The van der Waals surface area contributed by atoms with Crippen LogP contribution in [0.1, 0.15) is 21.1 Å². The van der Waals surface area contributed by atoms with Crippen molar-refractivity contribution in [2.24, 2.45) is 5.84 Å². The van der Waals surface area contributed by atoms with Crippen LogP contribution in [0, 0.1) is 6.92 Å². The molecule has 0 radical (unpaired) electrons. The third kappa shape index (κ3) is 3.30. The molecule has 0 aliphatic carbocycles. The van der Waals surface area contributed by atoms with Crippen LogP contribution in [-0.2, 0) is 6.54 Å². The summed E-state index contributed by atoms with van der Waals surface area (Å²) < 4.78 is 0. The number of aromatic nitrogens is 1. The number of carbonyl (C=O) groups excluding carboxylic acids is 1. The number of benzene rings is 1. The third-order valence-corrected chi connectivity index (χ3v) is 3.61. The highest BCUT2D eigenvalue weighted by molar-refractivity contribution is 7.11. The molecule has 1 amide bonds. The van der Waals surface area contributed by atoms with Gasteiger partial charge in [-0.1, -0.05) is 12.1 Å². The Balaban J connectivity index is 2.08. The Kier molecular flexibility index (Phi) is 4.13. The van der Waals surface area contributed by atoms with E-state index in [0.29, 0.717) is 11.6 Å². The van der Waals surface area contributed by atoms with E-state index in [4.69, 9.17) is 5.84 Å². The number of amides is 1. The van der Waals surface area contributed by atoms with Gasteiger partial charge in [0, 0.05) is 18.1 Å². The second-order valence-electron chi connectivity index (χ2n) is 4.31. The summed E-state index contributed by atoms with van der Waals surface area (Å²) in [5.74, 6) is 4.73. The van der Waals surface area contributed by atoms with E-state index in [2.05, 4.69) is 34.4 Å². The number of rotatable bonds is 4. The number of hydrogen-bond donors (Lipinski definition) is 2. The van der Waals surface area contributed by atoms with Gasteiger partial charge in [-0.3, -0.25) is 10.2 Å². The molecule has 0 atom stereocenters. The Labute approximate surface area is 116 Å². The molecule has 2 rings (SSSR count). The van der Waals surface area contributed by atoms with Gasteiger partial charge in [0.1, 0.15) is 0 Å². The van der Waals surface area contributed by atoms with Crippen LogP contribution in [0.15, 0.2) is 29.6 Å². The van der Waals surface area contributed by atoms with E-state index >= 15 is 0 Å². The Hall–Kier alpha value is -1.92. The van der Waals surface area contributed by atoms with Gasteiger partial charge < -0.3 is 4.90 Å². The van der Waals surface area contributed by atoms with E-state index in [1.54, 1.807) is 0 Å². The minimum atomic E-state index is -0.352. The predicted octanol–water partition coefficient (Wildman–Crippen LogP) is 1.69. The maximum atomic E-state index is 11.3. The van der Waals surface area contributed by atoms with Crippen molar-refractivity contribution in [2.75, 3.05) is 11.9 Å². The summed E-state index contributed by atoms with van der Waals surface area (Å²) in [5.41, 5.74) is 5.27. The second-order valence-corrected chi connectivity index (χ2v) is 5.17. The smallest absolute Gasteiger partial charge is 0.294 e. The van der Waals surface area contributed by atoms with Gasteiger partial charge >= 0.3 is 0 Å². The lowest BCUT2D eigenvalue weighted by molar-refractivity contribution is 0.0953. The van der Waals surface area contributed by atoms with Crippen molar-refractivity contribution in [2.45, 2.75) is 13.5 Å². The van der Waals surface area contributed by atoms with E-state index in [1.807, 2.05) is 24.6 Å². The highest BCUT2D eigenvalue weighted by Gasteiger charge is 2.11. The number of hydrazine groups is 1. The van der Waals surface area contributed by atoms with E-state index in [9.17, 15) is 4.79 Å². The molecular formula is C13H16N4OS. The number of nitrogens with one attached hydrogen (secondary N) is 1. The van der Waals surface area contributed by atoms with Crippen LogP contribution in [-0.4, -0.2) is 17.9 Å². The van der Waals surface area contributed by atoms with Crippen LogP contribution < -0.4 is 16.2 Å². The van der Waals surface area contributed by atoms with Gasteiger partial charge in [-0.15, -0.1) is 11.3 Å². The molecule has 19 heavy (non-hydrogen) atoms. The summed E-state index contributed by atoms with van der Waals surface area (Å²) in [6.45, 7) is 2.71. The number of nitrogens with two attached hydrogens (primary N) is 1. The van der Waals surface area contributed by atoms with E-state index in [-0.39, 0.29) is 5.91 Å². The molecule has 1 aromatic carbocycles. The predicted molar refractivity (Wildman–Crippen MR) is 77.1 cm³/mol. The summed E-state index contributed by atoms with van der Waals surface area (Å²) in [6, 6.07) is 8.24. The molecule has 0 saturated heterocycles. The number of carbonyl (C=O) groups is 1. The topological polar surface area (TPSA) is 71.2 Å². The quantitative estimate of drug-likeness (QED) is 0.506. The highest BCUT2D eigenvalue weighted by atomic mass is 32.1. The molecule has 2 aromatic rings. The zero-order valence-corrected chi connectivity index (χ0v) is 11.7. The van der Waals surface area contributed by atoms with Crippen molar-refractivity contribution in [1.82, 2.24) is 10.4 Å². The van der Waals surface area contributed by atoms with E-state index in [0.717, 1.165) is 11.4 Å². The van der Waals surface area contributed by atoms with Crippen molar-refractivity contribution in [3.8, 4) is 0 Å². The zero-order chi connectivity index (χ0) is 13.8. The highest BCUT2D eigenvalue weighted by Crippen LogP contribution is 2.18. The third-order valence-electron chi connectivity index (χ3n) is 2.72. The van der Waals surface area contributed by atoms with E-state index in [1.165, 1.54) is 16.9 Å². The Morgan fingerprint density at radius 2 is 2.32 bits per heavy atom. The zero-order valence-electron chi connectivity index (χ0n) is 10.9. The lowest BCUT2D eigenvalue weighted by Crippen LogP contribution is -2.30. The van der Waals surface area contributed by atoms with Gasteiger partial charge in [-0.05, 0) is 24.6 Å². The molecule has 100 valence electrons. The van der Waals surface area contributed by atoms with Crippen LogP contribution in [0.2, 0.25) is 0 Å². The van der Waals surface area contributed by atoms with Crippen molar-refractivity contribution < 1.29 is 4.79 Å². The van der Waals surface area contributed by atoms with Gasteiger partial charge in [0.25, 0.3) is 5.91 Å². The molecule has 1 heterocycles. The summed E-state index contributed by atoms with van der Waals surface area (Å²) in [5, 5.41) is 2.26. The number of hydrogen-bond acceptors (Lipinski definition) is 5. The largest absolute Gasteiger partial charge is 0.369 e. The van der Waals surface area contributed by atoms with Crippen LogP contribution in [0.5, 0.6) is 0 Å². The minimum Gasteiger partial charge on any atom is -0.369 e. The first-order chi connectivity index (χ1) is 9.10. The van der Waals surface area contributed by atoms with E-state index < -0.39 is 0 Å². The van der Waals surface area contributed by atoms with Crippen LogP contribution >= 0.6 is 11.3 Å². The summed E-state index contributed by atoms with van der Waals surface area (Å²) in [7, 11) is 2.00. The number of aryl methyl sites for hydroxylation is 1. The average Bonchev–Trinajstić information content (AvgIpc) is 2.86. The lowest BCUT2D eigenvalue weighted by atomic mass is 10.2. The molecule has 0 aliphatic heterocycles. The van der Waals surface area contributed by atoms with Gasteiger partial charge in [-0.2, -0.15) is 0 Å². The first-order valence-electron chi connectivity index (χ1n) is 5.83.